The van der Waals surface area contributed by atoms with E-state index in [0.717, 1.165) is 6.07 Å². The SMILES string of the molecule is CNC(=O)COc1ccc(S(=O)(=O)Nc2cccc([N+](=O)[O-])c2)cc1. The highest BCUT2D eigenvalue weighted by Gasteiger charge is 2.16. The summed E-state index contributed by atoms with van der Waals surface area (Å²) in [4.78, 5) is 21.2. The van der Waals surface area contributed by atoms with E-state index in [9.17, 15) is 23.3 Å². The summed E-state index contributed by atoms with van der Waals surface area (Å²) in [5, 5.41) is 13.1. The van der Waals surface area contributed by atoms with Gasteiger partial charge in [-0.05, 0) is 30.3 Å². The van der Waals surface area contributed by atoms with Crippen LogP contribution in [0.3, 0.4) is 0 Å². The van der Waals surface area contributed by atoms with Crippen molar-refractivity contribution in [2.75, 3.05) is 18.4 Å². The lowest BCUT2D eigenvalue weighted by atomic mass is 10.3. The van der Waals surface area contributed by atoms with Crippen molar-refractivity contribution in [2.45, 2.75) is 4.90 Å². The molecule has 0 bridgehead atoms. The van der Waals surface area contributed by atoms with Crippen LogP contribution in [0.25, 0.3) is 0 Å². The minimum absolute atomic E-state index is 0.0497. The van der Waals surface area contributed by atoms with E-state index in [1.807, 2.05) is 0 Å². The van der Waals surface area contributed by atoms with Crippen molar-refractivity contribution in [1.82, 2.24) is 5.32 Å². The largest absolute Gasteiger partial charge is 0.484 e. The van der Waals surface area contributed by atoms with Gasteiger partial charge in [-0.3, -0.25) is 19.6 Å². The van der Waals surface area contributed by atoms with Crippen LogP contribution in [-0.4, -0.2) is 32.9 Å². The molecule has 0 aromatic heterocycles. The molecule has 9 nitrogen and oxygen atoms in total. The van der Waals surface area contributed by atoms with Gasteiger partial charge in [-0.15, -0.1) is 0 Å². The van der Waals surface area contributed by atoms with E-state index in [2.05, 4.69) is 10.0 Å². The number of rotatable bonds is 7. The van der Waals surface area contributed by atoms with Gasteiger partial charge in [-0.1, -0.05) is 6.07 Å². The van der Waals surface area contributed by atoms with E-state index in [4.69, 9.17) is 4.74 Å². The molecule has 0 heterocycles. The molecule has 25 heavy (non-hydrogen) atoms. The van der Waals surface area contributed by atoms with Crippen molar-refractivity contribution in [3.63, 3.8) is 0 Å². The summed E-state index contributed by atoms with van der Waals surface area (Å²) in [7, 11) is -2.44. The van der Waals surface area contributed by atoms with Gasteiger partial charge in [-0.25, -0.2) is 8.42 Å². The quantitative estimate of drug-likeness (QED) is 0.565. The third-order valence-corrected chi connectivity index (χ3v) is 4.49. The zero-order valence-electron chi connectivity index (χ0n) is 13.1. The van der Waals surface area contributed by atoms with Crippen LogP contribution in [0.2, 0.25) is 0 Å². The summed E-state index contributed by atoms with van der Waals surface area (Å²) >= 11 is 0. The number of hydrogen-bond acceptors (Lipinski definition) is 6. The number of benzene rings is 2. The first kappa shape index (κ1) is 18.2. The molecule has 0 aliphatic rings. The minimum Gasteiger partial charge on any atom is -0.484 e. The molecule has 0 atom stereocenters. The number of sulfonamides is 1. The number of carbonyl (C=O) groups is 1. The number of nitrogens with one attached hydrogen (secondary N) is 2. The molecule has 0 saturated carbocycles. The molecular formula is C15H15N3O6S. The number of nitrogens with zero attached hydrogens (tertiary/aromatic N) is 1. The predicted molar refractivity (Wildman–Crippen MR) is 89.9 cm³/mol. The molecule has 0 aliphatic carbocycles. The summed E-state index contributed by atoms with van der Waals surface area (Å²) in [6.45, 7) is -0.186. The maximum absolute atomic E-state index is 12.3. The Balaban J connectivity index is 2.12. The molecular weight excluding hydrogens is 350 g/mol. The van der Waals surface area contributed by atoms with Gasteiger partial charge < -0.3 is 10.1 Å². The first-order valence-corrected chi connectivity index (χ1v) is 8.51. The normalized spacial score (nSPS) is 10.8. The lowest BCUT2D eigenvalue weighted by Gasteiger charge is -2.09. The van der Waals surface area contributed by atoms with Crippen LogP contribution < -0.4 is 14.8 Å². The van der Waals surface area contributed by atoms with Crippen LogP contribution in [0.5, 0.6) is 5.75 Å². The second-order valence-electron chi connectivity index (χ2n) is 4.85. The van der Waals surface area contributed by atoms with Crippen molar-refractivity contribution in [3.05, 3.63) is 58.6 Å². The number of hydrogen-bond donors (Lipinski definition) is 2. The predicted octanol–water partition coefficient (Wildman–Crippen LogP) is 1.52. The molecule has 10 heteroatoms. The molecule has 2 aromatic carbocycles. The van der Waals surface area contributed by atoms with Gasteiger partial charge in [0.2, 0.25) is 0 Å². The molecule has 2 rings (SSSR count). The van der Waals surface area contributed by atoms with Crippen LogP contribution in [0.1, 0.15) is 0 Å². The third-order valence-electron chi connectivity index (χ3n) is 3.09. The monoisotopic (exact) mass is 365 g/mol. The number of likely N-dealkylation sites (N-methyl/N-ethyl adjacent to an activating group) is 1. The topological polar surface area (TPSA) is 128 Å². The number of carbonyl (C=O) groups excluding carboxylic acids is 1. The fourth-order valence-electron chi connectivity index (χ4n) is 1.83. The second kappa shape index (κ2) is 7.62. The Hall–Kier alpha value is -3.14. The minimum atomic E-state index is -3.92. The maximum atomic E-state index is 12.3. The van der Waals surface area contributed by atoms with Crippen LogP contribution in [-0.2, 0) is 14.8 Å². The van der Waals surface area contributed by atoms with Crippen molar-refractivity contribution in [2.24, 2.45) is 0 Å². The molecule has 1 amide bonds. The smallest absolute Gasteiger partial charge is 0.271 e. The third kappa shape index (κ3) is 4.91. The van der Waals surface area contributed by atoms with Gasteiger partial charge in [0.25, 0.3) is 21.6 Å². The fourth-order valence-corrected chi connectivity index (χ4v) is 2.88. The lowest BCUT2D eigenvalue weighted by Crippen LogP contribution is -2.24. The summed E-state index contributed by atoms with van der Waals surface area (Å²) in [6, 6.07) is 10.6. The lowest BCUT2D eigenvalue weighted by molar-refractivity contribution is -0.384. The Kier molecular flexibility index (Phi) is 5.55. The highest BCUT2D eigenvalue weighted by molar-refractivity contribution is 7.92. The van der Waals surface area contributed by atoms with Crippen molar-refractivity contribution >= 4 is 27.3 Å². The molecule has 0 saturated heterocycles. The van der Waals surface area contributed by atoms with E-state index in [1.54, 1.807) is 0 Å². The number of amides is 1. The van der Waals surface area contributed by atoms with Gasteiger partial charge in [0.05, 0.1) is 15.5 Å². The fraction of sp³-hybridized carbons (Fsp3) is 0.133. The molecule has 0 unspecified atom stereocenters. The first-order chi connectivity index (χ1) is 11.8. The molecule has 0 spiro atoms. The van der Waals surface area contributed by atoms with E-state index in [0.29, 0.717) is 5.75 Å². The molecule has 2 aromatic rings. The van der Waals surface area contributed by atoms with Gasteiger partial charge >= 0.3 is 0 Å². The molecule has 0 fully saturated rings. The zero-order valence-corrected chi connectivity index (χ0v) is 13.9. The highest BCUT2D eigenvalue weighted by atomic mass is 32.2. The van der Waals surface area contributed by atoms with E-state index >= 15 is 0 Å². The molecule has 0 radical (unpaired) electrons. The Bertz CT molecular complexity index is 880. The summed E-state index contributed by atoms with van der Waals surface area (Å²) in [5.74, 6) is 0.0157. The number of non-ortho nitro benzene ring substituents is 1. The number of anilines is 1. The van der Waals surface area contributed by atoms with Crippen molar-refractivity contribution in [3.8, 4) is 5.75 Å². The van der Waals surface area contributed by atoms with Crippen molar-refractivity contribution < 1.29 is 22.9 Å². The first-order valence-electron chi connectivity index (χ1n) is 7.02. The van der Waals surface area contributed by atoms with Crippen molar-refractivity contribution in [1.29, 1.82) is 0 Å². The summed E-state index contributed by atoms with van der Waals surface area (Å²) < 4.78 is 32.1. The summed E-state index contributed by atoms with van der Waals surface area (Å²) in [6.07, 6.45) is 0. The summed E-state index contributed by atoms with van der Waals surface area (Å²) in [5.41, 5.74) is -0.146. The standard InChI is InChI=1S/C15H15N3O6S/c1-16-15(19)10-24-13-5-7-14(8-6-13)25(22,23)17-11-3-2-4-12(9-11)18(20)21/h2-9,17H,10H2,1H3,(H,16,19). The molecule has 0 aliphatic heterocycles. The van der Waals surface area contributed by atoms with E-state index in [-0.39, 0.29) is 28.8 Å². The van der Waals surface area contributed by atoms with Gasteiger partial charge in [0.15, 0.2) is 6.61 Å². The molecule has 132 valence electrons. The molecule has 2 N–H and O–H groups in total. The van der Waals surface area contributed by atoms with E-state index < -0.39 is 14.9 Å². The highest BCUT2D eigenvalue weighted by Crippen LogP contribution is 2.22. The maximum Gasteiger partial charge on any atom is 0.271 e. The second-order valence-corrected chi connectivity index (χ2v) is 6.53. The number of nitro benzene ring substituents is 1. The van der Waals surface area contributed by atoms with Crippen LogP contribution in [0, 0.1) is 10.1 Å². The van der Waals surface area contributed by atoms with Crippen LogP contribution >= 0.6 is 0 Å². The number of ether oxygens (including phenoxy) is 1. The average molecular weight is 365 g/mol. The van der Waals surface area contributed by atoms with Crippen LogP contribution in [0.4, 0.5) is 11.4 Å². The average Bonchev–Trinajstić information content (AvgIpc) is 2.59. The number of nitro groups is 1. The Morgan fingerprint density at radius 2 is 1.88 bits per heavy atom. The zero-order chi connectivity index (χ0) is 18.4. The Labute approximate surface area is 143 Å². The van der Waals surface area contributed by atoms with E-state index in [1.165, 1.54) is 49.5 Å². The van der Waals surface area contributed by atoms with Gasteiger partial charge in [0, 0.05) is 19.2 Å². The van der Waals surface area contributed by atoms with Gasteiger partial charge in [0.1, 0.15) is 5.75 Å². The Morgan fingerprint density at radius 3 is 2.48 bits per heavy atom. The van der Waals surface area contributed by atoms with Gasteiger partial charge in [-0.2, -0.15) is 0 Å². The van der Waals surface area contributed by atoms with Crippen LogP contribution in [0.15, 0.2) is 53.4 Å². The Morgan fingerprint density at radius 1 is 1.20 bits per heavy atom.